The summed E-state index contributed by atoms with van der Waals surface area (Å²) in [6.07, 6.45) is -4.44. The third-order valence-corrected chi connectivity index (χ3v) is 3.83. The molecule has 2 aromatic carbocycles. The van der Waals surface area contributed by atoms with Crippen molar-refractivity contribution in [2.75, 3.05) is 0 Å². The Morgan fingerprint density at radius 1 is 1.04 bits per heavy atom. The minimum Gasteiger partial charge on any atom is -0.326 e. The lowest BCUT2D eigenvalue weighted by Gasteiger charge is -2.16. The van der Waals surface area contributed by atoms with Crippen LogP contribution in [0.15, 0.2) is 48.5 Å². The molecule has 2 N–H and O–H groups in total. The third kappa shape index (κ3) is 2.80. The first kappa shape index (κ1) is 15.5. The number of aryl methyl sites for hydroxylation is 1. The van der Waals surface area contributed by atoms with Crippen LogP contribution >= 0.6 is 0 Å². The van der Waals surface area contributed by atoms with E-state index in [1.165, 1.54) is 12.1 Å². The Labute approximate surface area is 131 Å². The molecule has 0 unspecified atom stereocenters. The van der Waals surface area contributed by atoms with Crippen molar-refractivity contribution in [2.24, 2.45) is 5.73 Å². The van der Waals surface area contributed by atoms with Crippen molar-refractivity contribution in [1.29, 1.82) is 0 Å². The number of nitrogens with two attached hydrogens (primary N) is 1. The Balaban J connectivity index is 2.34. The maximum Gasteiger partial charge on any atom is 0.417 e. The van der Waals surface area contributed by atoms with Crippen LogP contribution in [0.3, 0.4) is 0 Å². The number of para-hydroxylation sites is 1. The number of benzene rings is 2. The van der Waals surface area contributed by atoms with Crippen LogP contribution in [0.4, 0.5) is 13.2 Å². The number of aromatic nitrogens is 1. The molecule has 118 valence electrons. The van der Waals surface area contributed by atoms with Gasteiger partial charge in [-0.15, -0.1) is 0 Å². The van der Waals surface area contributed by atoms with E-state index in [4.69, 9.17) is 5.73 Å². The topological polar surface area (TPSA) is 38.9 Å². The van der Waals surface area contributed by atoms with E-state index in [9.17, 15) is 13.2 Å². The molecule has 0 fully saturated rings. The van der Waals surface area contributed by atoms with Gasteiger partial charge in [-0.2, -0.15) is 13.2 Å². The van der Waals surface area contributed by atoms with Crippen molar-refractivity contribution in [3.63, 3.8) is 0 Å². The molecule has 0 saturated carbocycles. The molecular weight excluding hydrogens is 301 g/mol. The van der Waals surface area contributed by atoms with Crippen LogP contribution in [-0.4, -0.2) is 4.98 Å². The summed E-state index contributed by atoms with van der Waals surface area (Å²) in [4.78, 5) is 4.51. The van der Waals surface area contributed by atoms with Crippen LogP contribution in [0, 0.1) is 6.92 Å². The van der Waals surface area contributed by atoms with Gasteiger partial charge in [-0.3, -0.25) is 0 Å². The van der Waals surface area contributed by atoms with Gasteiger partial charge in [-0.05, 0) is 30.2 Å². The zero-order valence-corrected chi connectivity index (χ0v) is 12.5. The standard InChI is InChI=1S/C18H15F3N2/c1-11-5-4-6-12-9-13(10-22)17(23-16(11)12)14-7-2-3-8-15(14)18(19,20)21/h2-9H,10,22H2,1H3. The quantitative estimate of drug-likeness (QED) is 0.745. The summed E-state index contributed by atoms with van der Waals surface area (Å²) in [6, 6.07) is 12.9. The molecule has 0 bridgehead atoms. The van der Waals surface area contributed by atoms with Crippen LogP contribution in [0.25, 0.3) is 22.2 Å². The molecule has 2 nitrogen and oxygen atoms in total. The Morgan fingerprint density at radius 3 is 2.48 bits per heavy atom. The molecule has 0 aliphatic heterocycles. The number of halogens is 3. The third-order valence-electron chi connectivity index (χ3n) is 3.83. The lowest BCUT2D eigenvalue weighted by atomic mass is 9.98. The van der Waals surface area contributed by atoms with Gasteiger partial charge in [0.1, 0.15) is 0 Å². The van der Waals surface area contributed by atoms with E-state index in [2.05, 4.69) is 4.98 Å². The molecule has 3 aromatic rings. The molecule has 0 saturated heterocycles. The van der Waals surface area contributed by atoms with Crippen molar-refractivity contribution in [2.45, 2.75) is 19.6 Å². The molecule has 0 atom stereocenters. The average molecular weight is 316 g/mol. The zero-order chi connectivity index (χ0) is 16.6. The molecule has 0 radical (unpaired) electrons. The molecule has 0 aliphatic rings. The molecular formula is C18H15F3N2. The van der Waals surface area contributed by atoms with Gasteiger partial charge in [0.25, 0.3) is 0 Å². The maximum atomic E-state index is 13.3. The summed E-state index contributed by atoms with van der Waals surface area (Å²) in [5, 5.41) is 0.874. The van der Waals surface area contributed by atoms with Crippen molar-refractivity contribution in [3.8, 4) is 11.3 Å². The average Bonchev–Trinajstić information content (AvgIpc) is 2.53. The van der Waals surface area contributed by atoms with Gasteiger partial charge in [0.05, 0.1) is 16.8 Å². The summed E-state index contributed by atoms with van der Waals surface area (Å²) >= 11 is 0. The minimum atomic E-state index is -4.44. The number of alkyl halides is 3. The van der Waals surface area contributed by atoms with Crippen LogP contribution < -0.4 is 5.73 Å². The summed E-state index contributed by atoms with van der Waals surface area (Å²) in [7, 11) is 0. The van der Waals surface area contributed by atoms with Gasteiger partial charge in [0.2, 0.25) is 0 Å². The normalized spacial score (nSPS) is 11.9. The number of pyridine rings is 1. The van der Waals surface area contributed by atoms with E-state index in [-0.39, 0.29) is 12.1 Å². The largest absolute Gasteiger partial charge is 0.417 e. The molecule has 5 heteroatoms. The maximum absolute atomic E-state index is 13.3. The summed E-state index contributed by atoms with van der Waals surface area (Å²) in [5.74, 6) is 0. The Bertz CT molecular complexity index is 870. The fourth-order valence-corrected chi connectivity index (χ4v) is 2.72. The lowest BCUT2D eigenvalue weighted by molar-refractivity contribution is -0.137. The number of nitrogens with zero attached hydrogens (tertiary/aromatic N) is 1. The smallest absolute Gasteiger partial charge is 0.326 e. The number of hydrogen-bond acceptors (Lipinski definition) is 2. The highest BCUT2D eigenvalue weighted by Gasteiger charge is 2.34. The molecule has 3 rings (SSSR count). The number of hydrogen-bond donors (Lipinski definition) is 1. The fourth-order valence-electron chi connectivity index (χ4n) is 2.72. The van der Waals surface area contributed by atoms with E-state index >= 15 is 0 Å². The van der Waals surface area contributed by atoms with Crippen molar-refractivity contribution < 1.29 is 13.2 Å². The first-order valence-electron chi connectivity index (χ1n) is 7.17. The zero-order valence-electron chi connectivity index (χ0n) is 12.5. The number of rotatable bonds is 2. The van der Waals surface area contributed by atoms with Gasteiger partial charge in [-0.1, -0.05) is 36.4 Å². The molecule has 1 aromatic heterocycles. The van der Waals surface area contributed by atoms with E-state index in [0.29, 0.717) is 16.8 Å². The van der Waals surface area contributed by atoms with Gasteiger partial charge in [0, 0.05) is 17.5 Å². The second kappa shape index (κ2) is 5.66. The van der Waals surface area contributed by atoms with E-state index in [0.717, 1.165) is 17.0 Å². The molecule has 0 aliphatic carbocycles. The van der Waals surface area contributed by atoms with Gasteiger partial charge >= 0.3 is 6.18 Å². The van der Waals surface area contributed by atoms with Crippen molar-refractivity contribution in [3.05, 3.63) is 65.2 Å². The summed E-state index contributed by atoms with van der Waals surface area (Å²) in [6.45, 7) is 2.01. The van der Waals surface area contributed by atoms with Crippen LogP contribution in [0.2, 0.25) is 0 Å². The first-order valence-corrected chi connectivity index (χ1v) is 7.17. The monoisotopic (exact) mass is 316 g/mol. The highest BCUT2D eigenvalue weighted by atomic mass is 19.4. The summed E-state index contributed by atoms with van der Waals surface area (Å²) < 4.78 is 39.9. The van der Waals surface area contributed by atoms with Gasteiger partial charge in [0.15, 0.2) is 0 Å². The predicted molar refractivity (Wildman–Crippen MR) is 84.8 cm³/mol. The van der Waals surface area contributed by atoms with E-state index in [1.54, 1.807) is 6.07 Å². The molecule has 23 heavy (non-hydrogen) atoms. The number of fused-ring (bicyclic) bond motifs is 1. The second-order valence-corrected chi connectivity index (χ2v) is 5.39. The highest BCUT2D eigenvalue weighted by Crippen LogP contribution is 2.38. The summed E-state index contributed by atoms with van der Waals surface area (Å²) in [5.41, 5.74) is 7.61. The van der Waals surface area contributed by atoms with Crippen LogP contribution in [-0.2, 0) is 12.7 Å². The highest BCUT2D eigenvalue weighted by molar-refractivity contribution is 5.86. The molecule has 0 spiro atoms. The Hall–Kier alpha value is -2.40. The van der Waals surface area contributed by atoms with Gasteiger partial charge in [-0.25, -0.2) is 4.98 Å². The fraction of sp³-hybridized carbons (Fsp3) is 0.167. The van der Waals surface area contributed by atoms with E-state index in [1.807, 2.05) is 31.2 Å². The Morgan fingerprint density at radius 2 is 1.78 bits per heavy atom. The second-order valence-electron chi connectivity index (χ2n) is 5.39. The SMILES string of the molecule is Cc1cccc2cc(CN)c(-c3ccccc3C(F)(F)F)nc12. The van der Waals surface area contributed by atoms with E-state index < -0.39 is 11.7 Å². The molecule has 0 amide bonds. The van der Waals surface area contributed by atoms with Crippen LogP contribution in [0.1, 0.15) is 16.7 Å². The van der Waals surface area contributed by atoms with Crippen molar-refractivity contribution in [1.82, 2.24) is 4.98 Å². The van der Waals surface area contributed by atoms with Crippen molar-refractivity contribution >= 4 is 10.9 Å². The van der Waals surface area contributed by atoms with Gasteiger partial charge < -0.3 is 5.73 Å². The Kier molecular flexibility index (Phi) is 3.82. The minimum absolute atomic E-state index is 0.0607. The van der Waals surface area contributed by atoms with Crippen LogP contribution in [0.5, 0.6) is 0 Å². The lowest BCUT2D eigenvalue weighted by Crippen LogP contribution is -2.09. The molecule has 1 heterocycles. The predicted octanol–water partition coefficient (Wildman–Crippen LogP) is 4.69. The first-order chi connectivity index (χ1) is 10.9.